The highest BCUT2D eigenvalue weighted by Crippen LogP contribution is 2.33. The molecule has 3 aromatic carbocycles. The minimum atomic E-state index is -0.639. The van der Waals surface area contributed by atoms with Gasteiger partial charge in [0.25, 0.3) is 0 Å². The highest BCUT2D eigenvalue weighted by molar-refractivity contribution is 6.22. The monoisotopic (exact) mass is 260 g/mol. The Bertz CT molecular complexity index is 896. The van der Waals surface area contributed by atoms with Crippen molar-refractivity contribution in [3.63, 3.8) is 0 Å². The van der Waals surface area contributed by atoms with E-state index in [1.807, 2.05) is 30.3 Å². The number of carbonyl (C=O) groups excluding carboxylic acids is 1. The van der Waals surface area contributed by atoms with Crippen LogP contribution >= 0.6 is 0 Å². The minimum absolute atomic E-state index is 0.0594. The lowest BCUT2D eigenvalue weighted by atomic mass is 9.92. The zero-order chi connectivity index (χ0) is 13.7. The Morgan fingerprint density at radius 3 is 2.50 bits per heavy atom. The van der Waals surface area contributed by atoms with Crippen LogP contribution in [-0.4, -0.2) is 18.0 Å². The van der Waals surface area contributed by atoms with Crippen molar-refractivity contribution in [2.75, 3.05) is 0 Å². The summed E-state index contributed by atoms with van der Waals surface area (Å²) >= 11 is 0. The first-order valence-corrected chi connectivity index (χ1v) is 6.53. The number of carbonyl (C=O) groups is 1. The van der Waals surface area contributed by atoms with Gasteiger partial charge in [-0.05, 0) is 39.7 Å². The second kappa shape index (κ2) is 3.99. The maximum absolute atomic E-state index is 12.4. The Balaban J connectivity index is 2.15. The summed E-state index contributed by atoms with van der Waals surface area (Å²) in [6.45, 7) is 0. The zero-order valence-corrected chi connectivity index (χ0v) is 10.7. The van der Waals surface area contributed by atoms with E-state index in [-0.39, 0.29) is 5.78 Å². The number of nitrogens with zero attached hydrogens (tertiary/aromatic N) is 1. The number of aliphatic imine (C=N–C) groups is 1. The fraction of sp³-hybridized carbons (Fsp3) is 0.0588. The van der Waals surface area contributed by atoms with Crippen molar-refractivity contribution >= 4 is 39.2 Å². The lowest BCUT2D eigenvalue weighted by Crippen LogP contribution is -2.34. The average molecular weight is 260 g/mol. The Hall–Kier alpha value is -2.52. The third-order valence-electron chi connectivity index (χ3n) is 3.79. The molecule has 1 heterocycles. The molecule has 1 atom stereocenters. The quantitative estimate of drug-likeness (QED) is 0.631. The van der Waals surface area contributed by atoms with E-state index < -0.39 is 6.04 Å². The Morgan fingerprint density at radius 1 is 0.950 bits per heavy atom. The van der Waals surface area contributed by atoms with E-state index in [0.29, 0.717) is 11.3 Å². The molecule has 0 aliphatic carbocycles. The van der Waals surface area contributed by atoms with E-state index in [1.54, 1.807) is 0 Å². The first-order valence-electron chi connectivity index (χ1n) is 6.53. The van der Waals surface area contributed by atoms with E-state index in [4.69, 9.17) is 5.73 Å². The van der Waals surface area contributed by atoms with Crippen molar-refractivity contribution in [3.05, 3.63) is 54.1 Å². The molecule has 2 N–H and O–H groups in total. The van der Waals surface area contributed by atoms with Gasteiger partial charge in [0, 0.05) is 6.21 Å². The smallest absolute Gasteiger partial charge is 0.187 e. The molecule has 0 amide bonds. The Morgan fingerprint density at radius 2 is 1.70 bits per heavy atom. The zero-order valence-electron chi connectivity index (χ0n) is 10.7. The first-order chi connectivity index (χ1) is 9.74. The van der Waals surface area contributed by atoms with Crippen LogP contribution < -0.4 is 5.73 Å². The topological polar surface area (TPSA) is 55.4 Å². The molecule has 0 fully saturated rings. The normalized spacial score (nSPS) is 17.6. The SMILES string of the molecule is NC1C=Nc2ccc3cc4ccccc4cc3c2C1=O. The predicted octanol–water partition coefficient (Wildman–Crippen LogP) is 3.22. The van der Waals surface area contributed by atoms with Crippen molar-refractivity contribution < 1.29 is 4.79 Å². The number of nitrogens with two attached hydrogens (primary N) is 1. The number of benzene rings is 3. The van der Waals surface area contributed by atoms with Gasteiger partial charge in [-0.15, -0.1) is 0 Å². The van der Waals surface area contributed by atoms with Gasteiger partial charge in [0.2, 0.25) is 0 Å². The van der Waals surface area contributed by atoms with E-state index >= 15 is 0 Å². The van der Waals surface area contributed by atoms with Crippen molar-refractivity contribution in [1.29, 1.82) is 0 Å². The molecule has 96 valence electrons. The second-order valence-corrected chi connectivity index (χ2v) is 5.05. The van der Waals surface area contributed by atoms with Crippen molar-refractivity contribution in [3.8, 4) is 0 Å². The molecule has 3 aromatic rings. The molecule has 0 spiro atoms. The fourth-order valence-electron chi connectivity index (χ4n) is 2.76. The number of hydrogen-bond acceptors (Lipinski definition) is 3. The summed E-state index contributed by atoms with van der Waals surface area (Å²) in [6.07, 6.45) is 1.51. The van der Waals surface area contributed by atoms with Crippen LogP contribution in [0.5, 0.6) is 0 Å². The molecule has 20 heavy (non-hydrogen) atoms. The summed E-state index contributed by atoms with van der Waals surface area (Å²) in [4.78, 5) is 16.6. The van der Waals surface area contributed by atoms with Gasteiger partial charge in [-0.25, -0.2) is 0 Å². The molecule has 0 radical (unpaired) electrons. The highest BCUT2D eigenvalue weighted by Gasteiger charge is 2.23. The van der Waals surface area contributed by atoms with Crippen molar-refractivity contribution in [1.82, 2.24) is 0 Å². The molecule has 1 aliphatic heterocycles. The lowest BCUT2D eigenvalue weighted by molar-refractivity contribution is 0.0986. The molecule has 0 saturated carbocycles. The Labute approximate surface area is 115 Å². The third kappa shape index (κ3) is 1.50. The van der Waals surface area contributed by atoms with Gasteiger partial charge in [0.1, 0.15) is 6.04 Å². The highest BCUT2D eigenvalue weighted by atomic mass is 16.1. The molecule has 0 aromatic heterocycles. The number of ketones is 1. The number of Topliss-reactive ketones (excluding diaryl/α,β-unsaturated/α-hetero) is 1. The predicted molar refractivity (Wildman–Crippen MR) is 81.9 cm³/mol. The molecule has 4 rings (SSSR count). The summed E-state index contributed by atoms with van der Waals surface area (Å²) < 4.78 is 0. The Kier molecular flexibility index (Phi) is 2.26. The van der Waals surface area contributed by atoms with Gasteiger partial charge in [0.05, 0.1) is 11.3 Å². The average Bonchev–Trinajstić information content (AvgIpc) is 2.48. The number of hydrogen-bond donors (Lipinski definition) is 1. The maximum Gasteiger partial charge on any atom is 0.187 e. The van der Waals surface area contributed by atoms with Crippen LogP contribution in [-0.2, 0) is 0 Å². The summed E-state index contributed by atoms with van der Waals surface area (Å²) in [5.74, 6) is -0.0594. The molecular formula is C17H12N2O. The largest absolute Gasteiger partial charge is 0.317 e. The summed E-state index contributed by atoms with van der Waals surface area (Å²) in [6, 6.07) is 15.5. The van der Waals surface area contributed by atoms with Crippen LogP contribution in [0.4, 0.5) is 5.69 Å². The van der Waals surface area contributed by atoms with Crippen LogP contribution in [0.25, 0.3) is 21.5 Å². The standard InChI is InChI=1S/C17H12N2O/c18-14-9-19-15-6-5-12-7-10-3-1-2-4-11(10)8-13(12)16(15)17(14)20/h1-9,14H,18H2. The third-order valence-corrected chi connectivity index (χ3v) is 3.79. The fourth-order valence-corrected chi connectivity index (χ4v) is 2.76. The molecule has 3 nitrogen and oxygen atoms in total. The van der Waals surface area contributed by atoms with Gasteiger partial charge in [-0.1, -0.05) is 30.3 Å². The van der Waals surface area contributed by atoms with Crippen molar-refractivity contribution in [2.45, 2.75) is 6.04 Å². The van der Waals surface area contributed by atoms with E-state index in [0.717, 1.165) is 21.5 Å². The molecule has 3 heteroatoms. The summed E-state index contributed by atoms with van der Waals surface area (Å²) in [5, 5.41) is 4.25. The van der Waals surface area contributed by atoms with E-state index in [9.17, 15) is 4.79 Å². The first kappa shape index (κ1) is 11.3. The van der Waals surface area contributed by atoms with Crippen LogP contribution in [0, 0.1) is 0 Å². The van der Waals surface area contributed by atoms with Crippen LogP contribution in [0.3, 0.4) is 0 Å². The van der Waals surface area contributed by atoms with Gasteiger partial charge >= 0.3 is 0 Å². The van der Waals surface area contributed by atoms with E-state index in [1.165, 1.54) is 6.21 Å². The van der Waals surface area contributed by atoms with Crippen molar-refractivity contribution in [2.24, 2.45) is 10.7 Å². The molecule has 0 saturated heterocycles. The molecule has 1 unspecified atom stereocenters. The van der Waals surface area contributed by atoms with Gasteiger partial charge < -0.3 is 5.73 Å². The number of rotatable bonds is 0. The molecule has 0 bridgehead atoms. The second-order valence-electron chi connectivity index (χ2n) is 5.05. The minimum Gasteiger partial charge on any atom is -0.317 e. The van der Waals surface area contributed by atoms with E-state index in [2.05, 4.69) is 23.2 Å². The van der Waals surface area contributed by atoms with Crippen LogP contribution in [0.15, 0.2) is 53.5 Å². The molecule has 1 aliphatic rings. The van der Waals surface area contributed by atoms with Gasteiger partial charge in [0.15, 0.2) is 5.78 Å². The molecular weight excluding hydrogens is 248 g/mol. The maximum atomic E-state index is 12.4. The van der Waals surface area contributed by atoms with Gasteiger partial charge in [-0.2, -0.15) is 0 Å². The summed E-state index contributed by atoms with van der Waals surface area (Å²) in [5.41, 5.74) is 7.15. The van der Waals surface area contributed by atoms with Crippen LogP contribution in [0.2, 0.25) is 0 Å². The number of fused-ring (bicyclic) bond motifs is 4. The van der Waals surface area contributed by atoms with Crippen LogP contribution in [0.1, 0.15) is 10.4 Å². The summed E-state index contributed by atoms with van der Waals surface area (Å²) in [7, 11) is 0. The van der Waals surface area contributed by atoms with Gasteiger partial charge in [-0.3, -0.25) is 9.79 Å². The lowest BCUT2D eigenvalue weighted by Gasteiger charge is -2.16.